The van der Waals surface area contributed by atoms with E-state index in [9.17, 15) is 15.8 Å². The number of hydrogen-bond donors (Lipinski definition) is 0. The zero-order chi connectivity index (χ0) is 52.2. The Morgan fingerprint density at radius 3 is 0.974 bits per heavy atom. The normalized spacial score (nSPS) is 11.3. The third kappa shape index (κ3) is 7.92. The van der Waals surface area contributed by atoms with Gasteiger partial charge in [-0.05, 0) is 153 Å². The van der Waals surface area contributed by atoms with E-state index in [1.165, 1.54) is 0 Å². The lowest BCUT2D eigenvalue weighted by Gasteiger charge is -2.23. The van der Waals surface area contributed by atoms with Gasteiger partial charge in [-0.3, -0.25) is 0 Å². The van der Waals surface area contributed by atoms with Gasteiger partial charge in [-0.15, -0.1) is 0 Å². The molecule has 0 atom stereocenters. The number of alkyl halides is 3. The predicted octanol–water partition coefficient (Wildman–Crippen LogP) is 18.0. The molecule has 354 valence electrons. The molecule has 12 aromatic rings. The standard InChI is InChI=1S/C66H34F3N7/c1-73-53-22-14-45(15-23-53)50-20-28-61-57(33-50)58-34-51(46-16-24-54(74-2)25-17-46)21-29-62(58)76(61)64-36-52(47-5-3-4-42(30-47)39-72)35-63(65(64)66(67,68)69)75-59-26-18-48(43-10-6-40(37-70)7-11-43)31-55(59)56-32-49(19-27-60(56)75)44-12-8-41(38-71)9-13-44/h3-36H. The fraction of sp³-hybridized carbons (Fsp3) is 0.0152. The summed E-state index contributed by atoms with van der Waals surface area (Å²) in [7, 11) is 0. The van der Waals surface area contributed by atoms with E-state index in [1.807, 2.05) is 121 Å². The second-order valence-electron chi connectivity index (χ2n) is 18.4. The SMILES string of the molecule is [C-]#[N+]c1ccc(-c2ccc3c(c2)c2cc(-c4ccc([N+]#[C-])cc4)ccc2n3-c2cc(-c3cccc(C#N)c3)cc(-n3c4ccc(-c5ccc(C#N)cc5)cc4c4cc(-c5ccc(C#N)cc5)ccc43)c2C(F)(F)F)cc1. The van der Waals surface area contributed by atoms with Crippen molar-refractivity contribution in [1.82, 2.24) is 9.13 Å². The Hall–Kier alpha value is -11.0. The number of benzene rings is 10. The summed E-state index contributed by atoms with van der Waals surface area (Å²) in [5, 5.41) is 32.0. The zero-order valence-electron chi connectivity index (χ0n) is 39.9. The molecule has 0 unspecified atom stereocenters. The molecule has 0 amide bonds. The minimum atomic E-state index is -4.95. The summed E-state index contributed by atoms with van der Waals surface area (Å²) in [5.74, 6) is 0. The van der Waals surface area contributed by atoms with Gasteiger partial charge in [0, 0.05) is 21.5 Å². The molecule has 76 heavy (non-hydrogen) atoms. The van der Waals surface area contributed by atoms with E-state index in [-0.39, 0.29) is 11.4 Å². The van der Waals surface area contributed by atoms with Gasteiger partial charge in [0.15, 0.2) is 11.4 Å². The largest absolute Gasteiger partial charge is 0.420 e. The number of hydrogen-bond acceptors (Lipinski definition) is 3. The topological polar surface area (TPSA) is 89.9 Å². The Kier molecular flexibility index (Phi) is 11.1. The highest BCUT2D eigenvalue weighted by Crippen LogP contribution is 2.48. The smallest absolute Gasteiger partial charge is 0.309 e. The molecule has 0 radical (unpaired) electrons. The van der Waals surface area contributed by atoms with Crippen molar-refractivity contribution in [3.05, 3.63) is 251 Å². The van der Waals surface area contributed by atoms with Crippen molar-refractivity contribution in [3.63, 3.8) is 0 Å². The lowest BCUT2D eigenvalue weighted by Crippen LogP contribution is -2.16. The molecular formula is C66H34F3N7. The maximum atomic E-state index is 17.0. The van der Waals surface area contributed by atoms with Crippen LogP contribution in [0.2, 0.25) is 0 Å². The first-order valence-electron chi connectivity index (χ1n) is 23.9. The average molecular weight is 982 g/mol. The second-order valence-corrected chi connectivity index (χ2v) is 18.4. The van der Waals surface area contributed by atoms with Gasteiger partial charge in [-0.25, -0.2) is 9.69 Å². The summed E-state index contributed by atoms with van der Waals surface area (Å²) in [6.07, 6.45) is -4.95. The molecule has 0 aliphatic heterocycles. The van der Waals surface area contributed by atoms with Gasteiger partial charge in [0.05, 0.1) is 81.5 Å². The Balaban J connectivity index is 1.19. The molecule has 0 bridgehead atoms. The monoisotopic (exact) mass is 981 g/mol. The van der Waals surface area contributed by atoms with E-state index in [4.69, 9.17) is 13.1 Å². The van der Waals surface area contributed by atoms with Crippen LogP contribution in [0.1, 0.15) is 22.3 Å². The summed E-state index contributed by atoms with van der Waals surface area (Å²) in [6, 6.07) is 68.0. The molecule has 0 N–H and O–H groups in total. The van der Waals surface area contributed by atoms with Crippen LogP contribution < -0.4 is 0 Å². The van der Waals surface area contributed by atoms with Gasteiger partial charge in [0.25, 0.3) is 0 Å². The Morgan fingerprint density at radius 1 is 0.342 bits per heavy atom. The fourth-order valence-electron chi connectivity index (χ4n) is 10.4. The summed E-state index contributed by atoms with van der Waals surface area (Å²) < 4.78 is 54.3. The lowest BCUT2D eigenvalue weighted by molar-refractivity contribution is -0.137. The van der Waals surface area contributed by atoms with Crippen molar-refractivity contribution in [3.8, 4) is 85.2 Å². The first-order valence-corrected chi connectivity index (χ1v) is 23.9. The number of halogens is 3. The minimum Gasteiger partial charge on any atom is -0.309 e. The molecule has 2 heterocycles. The molecule has 0 saturated heterocycles. The van der Waals surface area contributed by atoms with Crippen molar-refractivity contribution in [2.45, 2.75) is 6.18 Å². The van der Waals surface area contributed by atoms with Crippen molar-refractivity contribution < 1.29 is 13.2 Å². The van der Waals surface area contributed by atoms with Crippen LogP contribution in [0.3, 0.4) is 0 Å². The highest BCUT2D eigenvalue weighted by molar-refractivity contribution is 6.14. The van der Waals surface area contributed by atoms with E-state index in [2.05, 4.69) is 27.9 Å². The molecule has 0 spiro atoms. The fourth-order valence-corrected chi connectivity index (χ4v) is 10.4. The molecule has 10 heteroatoms. The van der Waals surface area contributed by atoms with Crippen molar-refractivity contribution in [2.75, 3.05) is 0 Å². The summed E-state index contributed by atoms with van der Waals surface area (Å²) in [6.45, 7) is 15.0. The van der Waals surface area contributed by atoms with Crippen LogP contribution in [-0.4, -0.2) is 9.13 Å². The van der Waals surface area contributed by atoms with Gasteiger partial charge in [0.1, 0.15) is 5.56 Å². The molecule has 12 rings (SSSR count). The number of rotatable bonds is 7. The van der Waals surface area contributed by atoms with E-state index < -0.39 is 11.7 Å². The summed E-state index contributed by atoms with van der Waals surface area (Å²) >= 11 is 0. The molecule has 0 saturated carbocycles. The summed E-state index contributed by atoms with van der Waals surface area (Å²) in [4.78, 5) is 7.11. The first-order chi connectivity index (χ1) is 37.0. The molecule has 7 nitrogen and oxygen atoms in total. The van der Waals surface area contributed by atoms with E-state index in [1.54, 1.807) is 94.1 Å². The molecule has 0 fully saturated rings. The number of fused-ring (bicyclic) bond motifs is 6. The third-order valence-electron chi connectivity index (χ3n) is 14.1. The van der Waals surface area contributed by atoms with E-state index >= 15 is 13.2 Å². The van der Waals surface area contributed by atoms with Crippen molar-refractivity contribution >= 4 is 55.0 Å². The summed E-state index contributed by atoms with van der Waals surface area (Å²) in [5.41, 5.74) is 10.6. The number of nitrogens with zero attached hydrogens (tertiary/aromatic N) is 7. The third-order valence-corrected chi connectivity index (χ3v) is 14.1. The van der Waals surface area contributed by atoms with Crippen molar-refractivity contribution in [1.29, 1.82) is 15.8 Å². The van der Waals surface area contributed by atoms with Crippen LogP contribution in [0, 0.1) is 47.1 Å². The van der Waals surface area contributed by atoms with Gasteiger partial charge >= 0.3 is 6.18 Å². The molecule has 0 aliphatic carbocycles. The molecule has 0 aliphatic rings. The van der Waals surface area contributed by atoms with E-state index in [0.29, 0.717) is 82.8 Å². The maximum absolute atomic E-state index is 17.0. The second kappa shape index (κ2) is 18.3. The lowest BCUT2D eigenvalue weighted by atomic mass is 9.97. The Morgan fingerprint density at radius 2 is 0.658 bits per heavy atom. The number of aromatic nitrogens is 2. The zero-order valence-corrected chi connectivity index (χ0v) is 39.9. The van der Waals surface area contributed by atoms with Crippen LogP contribution >= 0.6 is 0 Å². The average Bonchev–Trinajstić information content (AvgIpc) is 4.18. The first kappa shape index (κ1) is 46.1. The van der Waals surface area contributed by atoms with Gasteiger partial charge in [-0.1, -0.05) is 109 Å². The highest BCUT2D eigenvalue weighted by Gasteiger charge is 2.40. The van der Waals surface area contributed by atoms with Crippen molar-refractivity contribution in [2.24, 2.45) is 0 Å². The molecule has 10 aromatic carbocycles. The quantitative estimate of drug-likeness (QED) is 0.149. The van der Waals surface area contributed by atoms with Crippen LogP contribution in [0.5, 0.6) is 0 Å². The van der Waals surface area contributed by atoms with Gasteiger partial charge in [0.2, 0.25) is 0 Å². The Bertz CT molecular complexity index is 4100. The minimum absolute atomic E-state index is 0.135. The number of nitriles is 3. The highest BCUT2D eigenvalue weighted by atomic mass is 19.4. The van der Waals surface area contributed by atoms with Crippen LogP contribution in [0.4, 0.5) is 24.5 Å². The maximum Gasteiger partial charge on any atom is 0.420 e. The van der Waals surface area contributed by atoms with Crippen LogP contribution in [-0.2, 0) is 6.18 Å². The van der Waals surface area contributed by atoms with Gasteiger partial charge < -0.3 is 9.13 Å². The Labute approximate surface area is 433 Å². The van der Waals surface area contributed by atoms with Crippen LogP contribution in [0.15, 0.2) is 206 Å². The van der Waals surface area contributed by atoms with Crippen LogP contribution in [0.25, 0.3) is 120 Å². The van der Waals surface area contributed by atoms with Gasteiger partial charge in [-0.2, -0.15) is 29.0 Å². The molecule has 2 aromatic heterocycles. The predicted molar refractivity (Wildman–Crippen MR) is 294 cm³/mol. The van der Waals surface area contributed by atoms with E-state index in [0.717, 1.165) is 44.5 Å². The molecular weight excluding hydrogens is 948 g/mol.